The molecule has 0 aromatic carbocycles. The Morgan fingerprint density at radius 1 is 1.26 bits per heavy atom. The molecule has 0 aliphatic heterocycles. The summed E-state index contributed by atoms with van der Waals surface area (Å²) in [7, 11) is -2.19. The molecule has 1 atom stereocenters. The number of hydrogen-bond donors (Lipinski definition) is 0. The number of alkyl halides is 2. The topological polar surface area (TPSA) is 9.23 Å². The molecule has 0 aromatic rings. The molecule has 0 spiro atoms. The Hall–Kier alpha value is 0.507. The summed E-state index contributed by atoms with van der Waals surface area (Å²) in [5, 5.41) is -0.0643. The molecule has 0 saturated heterocycles. The van der Waals surface area contributed by atoms with E-state index in [0.29, 0.717) is 6.42 Å². The average Bonchev–Trinajstić information content (AvgIpc) is 2.24. The van der Waals surface area contributed by atoms with Crippen LogP contribution in [0.2, 0.25) is 18.1 Å². The molecule has 0 radical (unpaired) electrons. The lowest BCUT2D eigenvalue weighted by Crippen LogP contribution is -2.48. The minimum atomic E-state index is -2.78. The third-order valence-electron chi connectivity index (χ3n) is 3.76. The van der Waals surface area contributed by atoms with Crippen molar-refractivity contribution in [1.29, 1.82) is 0 Å². The third-order valence-corrected chi connectivity index (χ3v) is 8.63. The standard InChI is InChI=1S/C14H27F2IOSi/c1-7-8-10-14(15,16)12(9-11-17)18-19(5,6)13(2,3)4/h9,11-12H,7-8,10H2,1-6H3/t12-/m0/s1. The summed E-state index contributed by atoms with van der Waals surface area (Å²) in [5.74, 6) is -2.78. The highest BCUT2D eigenvalue weighted by Gasteiger charge is 2.45. The van der Waals surface area contributed by atoms with Crippen LogP contribution < -0.4 is 0 Å². The highest BCUT2D eigenvalue weighted by Crippen LogP contribution is 2.40. The van der Waals surface area contributed by atoms with Gasteiger partial charge < -0.3 is 4.43 Å². The summed E-state index contributed by atoms with van der Waals surface area (Å²) in [6.07, 6.45) is 1.59. The van der Waals surface area contributed by atoms with Crippen molar-refractivity contribution in [3.05, 3.63) is 10.2 Å². The van der Waals surface area contributed by atoms with Gasteiger partial charge in [0.15, 0.2) is 8.32 Å². The predicted octanol–water partition coefficient (Wildman–Crippen LogP) is 6.15. The Balaban J connectivity index is 5.03. The fourth-order valence-electron chi connectivity index (χ4n) is 1.38. The first kappa shape index (κ1) is 19.5. The van der Waals surface area contributed by atoms with Crippen molar-refractivity contribution >= 4 is 30.9 Å². The highest BCUT2D eigenvalue weighted by molar-refractivity contribution is 14.1. The molecular weight excluding hydrogens is 377 g/mol. The zero-order valence-corrected chi connectivity index (χ0v) is 16.1. The van der Waals surface area contributed by atoms with E-state index in [1.165, 1.54) is 6.08 Å². The highest BCUT2D eigenvalue weighted by atomic mass is 127. The Kier molecular flexibility index (Phi) is 7.70. The third kappa shape index (κ3) is 6.21. The molecule has 0 aliphatic rings. The summed E-state index contributed by atoms with van der Waals surface area (Å²) < 4.78 is 36.0. The van der Waals surface area contributed by atoms with Gasteiger partial charge in [-0.05, 0) is 34.7 Å². The Labute approximate surface area is 131 Å². The van der Waals surface area contributed by atoms with E-state index in [2.05, 4.69) is 20.8 Å². The van der Waals surface area contributed by atoms with Gasteiger partial charge in [0.05, 0.1) is 0 Å². The Bertz CT molecular complexity index is 298. The fraction of sp³-hybridized carbons (Fsp3) is 0.857. The largest absolute Gasteiger partial charge is 0.404 e. The maximum absolute atomic E-state index is 14.2. The molecule has 0 unspecified atom stereocenters. The minimum Gasteiger partial charge on any atom is -0.404 e. The number of rotatable bonds is 7. The van der Waals surface area contributed by atoms with Crippen LogP contribution in [-0.4, -0.2) is 20.3 Å². The minimum absolute atomic E-state index is 0.0643. The van der Waals surface area contributed by atoms with E-state index in [-0.39, 0.29) is 11.5 Å². The zero-order valence-electron chi connectivity index (χ0n) is 12.9. The smallest absolute Gasteiger partial charge is 0.276 e. The molecule has 19 heavy (non-hydrogen) atoms. The van der Waals surface area contributed by atoms with Crippen LogP contribution in [0.15, 0.2) is 10.2 Å². The molecule has 0 aliphatic carbocycles. The molecule has 0 saturated carbocycles. The quantitative estimate of drug-likeness (QED) is 0.365. The lowest BCUT2D eigenvalue weighted by atomic mass is 10.1. The predicted molar refractivity (Wildman–Crippen MR) is 89.7 cm³/mol. The molecular formula is C14H27F2IOSi. The molecule has 114 valence electrons. The van der Waals surface area contributed by atoms with E-state index in [9.17, 15) is 8.78 Å². The first-order valence-corrected chi connectivity index (χ1v) is 11.0. The Morgan fingerprint density at radius 2 is 1.79 bits per heavy atom. The van der Waals surface area contributed by atoms with Crippen LogP contribution in [0.1, 0.15) is 47.0 Å². The molecule has 0 bridgehead atoms. The maximum atomic E-state index is 14.2. The van der Waals surface area contributed by atoms with E-state index >= 15 is 0 Å². The van der Waals surface area contributed by atoms with Crippen molar-refractivity contribution in [3.8, 4) is 0 Å². The number of hydrogen-bond acceptors (Lipinski definition) is 1. The van der Waals surface area contributed by atoms with Gasteiger partial charge in [-0.1, -0.05) is 56.7 Å². The molecule has 0 N–H and O–H groups in total. The van der Waals surface area contributed by atoms with Crippen molar-refractivity contribution in [2.24, 2.45) is 0 Å². The van der Waals surface area contributed by atoms with Crippen molar-refractivity contribution in [2.45, 2.75) is 77.1 Å². The van der Waals surface area contributed by atoms with Crippen LogP contribution in [0.5, 0.6) is 0 Å². The lowest BCUT2D eigenvalue weighted by Gasteiger charge is -2.40. The number of unbranched alkanes of at least 4 members (excludes halogenated alkanes) is 1. The first-order chi connectivity index (χ1) is 8.48. The second-order valence-electron chi connectivity index (χ2n) is 6.48. The van der Waals surface area contributed by atoms with Crippen molar-refractivity contribution in [2.75, 3.05) is 0 Å². The van der Waals surface area contributed by atoms with Crippen molar-refractivity contribution in [1.82, 2.24) is 0 Å². The molecule has 0 rings (SSSR count). The van der Waals surface area contributed by atoms with Gasteiger partial charge in [-0.2, -0.15) is 0 Å². The van der Waals surface area contributed by atoms with Gasteiger partial charge >= 0.3 is 0 Å². The normalized spacial score (nSPS) is 16.1. The van der Waals surface area contributed by atoms with Crippen LogP contribution in [0.3, 0.4) is 0 Å². The summed E-state index contributed by atoms with van der Waals surface area (Å²) in [4.78, 5) is 0. The van der Waals surface area contributed by atoms with Gasteiger partial charge in [0.1, 0.15) is 6.10 Å². The van der Waals surface area contributed by atoms with Gasteiger partial charge in [0.25, 0.3) is 5.92 Å². The van der Waals surface area contributed by atoms with Crippen LogP contribution in [0, 0.1) is 0 Å². The fourth-order valence-corrected chi connectivity index (χ4v) is 3.00. The maximum Gasteiger partial charge on any atom is 0.276 e. The van der Waals surface area contributed by atoms with Gasteiger partial charge in [-0.3, -0.25) is 0 Å². The SMILES string of the molecule is CCCCC(F)(F)[C@H](C=CI)O[Si](C)(C)C(C)(C)C. The van der Waals surface area contributed by atoms with Crippen LogP contribution in [0.25, 0.3) is 0 Å². The summed E-state index contributed by atoms with van der Waals surface area (Å²) in [5.41, 5.74) is 0. The van der Waals surface area contributed by atoms with Crippen LogP contribution in [0.4, 0.5) is 8.78 Å². The molecule has 0 heterocycles. The van der Waals surface area contributed by atoms with E-state index in [4.69, 9.17) is 4.43 Å². The zero-order chi connectivity index (χ0) is 15.3. The number of halogens is 3. The molecule has 0 amide bonds. The van der Waals surface area contributed by atoms with Crippen molar-refractivity contribution < 1.29 is 13.2 Å². The van der Waals surface area contributed by atoms with Gasteiger partial charge in [0.2, 0.25) is 0 Å². The molecule has 0 aromatic heterocycles. The monoisotopic (exact) mass is 404 g/mol. The van der Waals surface area contributed by atoms with Gasteiger partial charge in [0, 0.05) is 6.42 Å². The van der Waals surface area contributed by atoms with Crippen LogP contribution >= 0.6 is 22.6 Å². The molecule has 0 fully saturated rings. The van der Waals surface area contributed by atoms with Gasteiger partial charge in [-0.15, -0.1) is 0 Å². The average molecular weight is 404 g/mol. The van der Waals surface area contributed by atoms with Crippen molar-refractivity contribution in [3.63, 3.8) is 0 Å². The second-order valence-corrected chi connectivity index (χ2v) is 12.0. The lowest BCUT2D eigenvalue weighted by molar-refractivity contribution is -0.0870. The van der Waals surface area contributed by atoms with E-state index in [1.807, 2.05) is 42.6 Å². The summed E-state index contributed by atoms with van der Waals surface area (Å²) in [6, 6.07) is 0. The van der Waals surface area contributed by atoms with E-state index in [1.54, 1.807) is 4.08 Å². The van der Waals surface area contributed by atoms with Crippen LogP contribution in [-0.2, 0) is 4.43 Å². The summed E-state index contributed by atoms with van der Waals surface area (Å²) >= 11 is 1.97. The molecule has 5 heteroatoms. The molecule has 1 nitrogen and oxygen atoms in total. The van der Waals surface area contributed by atoms with E-state index < -0.39 is 20.3 Å². The summed E-state index contributed by atoms with van der Waals surface area (Å²) in [6.45, 7) is 12.1. The van der Waals surface area contributed by atoms with Gasteiger partial charge in [-0.25, -0.2) is 8.78 Å². The first-order valence-electron chi connectivity index (χ1n) is 6.80. The second kappa shape index (κ2) is 7.50. The Morgan fingerprint density at radius 3 is 2.16 bits per heavy atom. The van der Waals surface area contributed by atoms with E-state index in [0.717, 1.165) is 6.42 Å².